The fraction of sp³-hybridized carbons (Fsp3) is 0.667. The van der Waals surface area contributed by atoms with Crippen LogP contribution in [-0.2, 0) is 11.3 Å². The Morgan fingerprint density at radius 2 is 2.17 bits per heavy atom. The number of carbonyl (C=O) groups excluding carboxylic acids is 2. The Bertz CT molecular complexity index is 587. The molecule has 3 N–H and O–H groups in total. The van der Waals surface area contributed by atoms with Crippen molar-refractivity contribution in [1.82, 2.24) is 20.0 Å². The quantitative estimate of drug-likeness (QED) is 0.794. The lowest BCUT2D eigenvalue weighted by Crippen LogP contribution is -2.47. The lowest BCUT2D eigenvalue weighted by Gasteiger charge is -2.30. The molecule has 0 saturated carbocycles. The van der Waals surface area contributed by atoms with Crippen molar-refractivity contribution < 1.29 is 9.59 Å². The van der Waals surface area contributed by atoms with E-state index >= 15 is 0 Å². The molecule has 128 valence electrons. The normalized spacial score (nSPS) is 18.0. The minimum Gasteiger partial charge on any atom is -0.356 e. The number of hydrogen-bond donors (Lipinski definition) is 2. The number of likely N-dealkylation sites (tertiary alicyclic amines) is 1. The van der Waals surface area contributed by atoms with Crippen LogP contribution in [0.5, 0.6) is 0 Å². The molecule has 8 heteroatoms. The SMILES string of the molecule is Cc1nn(CCCNC(=O)[C@@H]2CCCN(C(N)=O)C2)c(C)c1Cl. The van der Waals surface area contributed by atoms with E-state index in [-0.39, 0.29) is 11.8 Å². The highest BCUT2D eigenvalue weighted by atomic mass is 35.5. The largest absolute Gasteiger partial charge is 0.356 e. The average molecular weight is 342 g/mol. The highest BCUT2D eigenvalue weighted by molar-refractivity contribution is 6.31. The van der Waals surface area contributed by atoms with E-state index in [1.807, 2.05) is 18.5 Å². The molecule has 3 amide bonds. The Morgan fingerprint density at radius 3 is 2.78 bits per heavy atom. The van der Waals surface area contributed by atoms with E-state index in [1.54, 1.807) is 0 Å². The average Bonchev–Trinajstić information content (AvgIpc) is 2.78. The topological polar surface area (TPSA) is 93.2 Å². The molecule has 0 aromatic carbocycles. The van der Waals surface area contributed by atoms with Gasteiger partial charge in [-0.3, -0.25) is 9.48 Å². The molecule has 0 bridgehead atoms. The number of urea groups is 1. The fourth-order valence-corrected chi connectivity index (χ4v) is 3.00. The zero-order chi connectivity index (χ0) is 17.0. The molecule has 1 aromatic rings. The molecule has 7 nitrogen and oxygen atoms in total. The molecule has 1 aliphatic heterocycles. The number of aromatic nitrogens is 2. The van der Waals surface area contributed by atoms with Crippen molar-refractivity contribution >= 4 is 23.5 Å². The summed E-state index contributed by atoms with van der Waals surface area (Å²) in [6.07, 6.45) is 2.38. The van der Waals surface area contributed by atoms with E-state index in [0.717, 1.165) is 30.7 Å². The summed E-state index contributed by atoms with van der Waals surface area (Å²) >= 11 is 6.11. The van der Waals surface area contributed by atoms with Crippen molar-refractivity contribution in [3.8, 4) is 0 Å². The Kier molecular flexibility index (Phi) is 5.87. The van der Waals surface area contributed by atoms with Gasteiger partial charge in [-0.15, -0.1) is 0 Å². The van der Waals surface area contributed by atoms with E-state index < -0.39 is 6.03 Å². The van der Waals surface area contributed by atoms with Crippen LogP contribution < -0.4 is 11.1 Å². The number of rotatable bonds is 5. The van der Waals surface area contributed by atoms with Gasteiger partial charge in [-0.05, 0) is 33.1 Å². The number of hydrogen-bond acceptors (Lipinski definition) is 3. The summed E-state index contributed by atoms with van der Waals surface area (Å²) < 4.78 is 1.86. The van der Waals surface area contributed by atoms with Gasteiger partial charge in [-0.1, -0.05) is 11.6 Å². The van der Waals surface area contributed by atoms with Gasteiger partial charge in [0.1, 0.15) is 0 Å². The Balaban J connectivity index is 1.74. The van der Waals surface area contributed by atoms with Crippen molar-refractivity contribution in [3.05, 3.63) is 16.4 Å². The van der Waals surface area contributed by atoms with Crippen molar-refractivity contribution in [2.24, 2.45) is 11.7 Å². The predicted molar refractivity (Wildman–Crippen MR) is 88.2 cm³/mol. The van der Waals surface area contributed by atoms with Crippen LogP contribution in [0.3, 0.4) is 0 Å². The van der Waals surface area contributed by atoms with Gasteiger partial charge in [-0.2, -0.15) is 5.10 Å². The van der Waals surface area contributed by atoms with Crippen LogP contribution in [0.15, 0.2) is 0 Å². The van der Waals surface area contributed by atoms with Gasteiger partial charge in [-0.25, -0.2) is 4.79 Å². The fourth-order valence-electron chi connectivity index (χ4n) is 2.87. The third-order valence-corrected chi connectivity index (χ3v) is 4.79. The van der Waals surface area contributed by atoms with Gasteiger partial charge in [0.2, 0.25) is 5.91 Å². The number of nitrogens with one attached hydrogen (secondary N) is 1. The Hall–Kier alpha value is -1.76. The molecule has 1 fully saturated rings. The minimum atomic E-state index is -0.455. The minimum absolute atomic E-state index is 0.0117. The number of carbonyl (C=O) groups is 2. The molecule has 2 heterocycles. The van der Waals surface area contributed by atoms with Crippen molar-refractivity contribution in [2.75, 3.05) is 19.6 Å². The highest BCUT2D eigenvalue weighted by Crippen LogP contribution is 2.19. The van der Waals surface area contributed by atoms with Gasteiger partial charge in [0.25, 0.3) is 0 Å². The molecular weight excluding hydrogens is 318 g/mol. The number of amides is 3. The molecule has 0 radical (unpaired) electrons. The number of aryl methyl sites for hydroxylation is 2. The van der Waals surface area contributed by atoms with E-state index in [1.165, 1.54) is 4.90 Å². The third kappa shape index (κ3) is 4.37. The van der Waals surface area contributed by atoms with E-state index in [2.05, 4.69) is 10.4 Å². The lowest BCUT2D eigenvalue weighted by atomic mass is 9.97. The summed E-state index contributed by atoms with van der Waals surface area (Å²) in [7, 11) is 0. The van der Waals surface area contributed by atoms with Crippen molar-refractivity contribution in [1.29, 1.82) is 0 Å². The number of primary amides is 1. The third-order valence-electron chi connectivity index (χ3n) is 4.24. The molecule has 0 unspecified atom stereocenters. The van der Waals surface area contributed by atoms with Crippen molar-refractivity contribution in [3.63, 3.8) is 0 Å². The first-order valence-corrected chi connectivity index (χ1v) is 8.29. The molecule has 1 atom stereocenters. The van der Waals surface area contributed by atoms with Crippen LogP contribution >= 0.6 is 11.6 Å². The van der Waals surface area contributed by atoms with E-state index in [4.69, 9.17) is 17.3 Å². The molecule has 2 rings (SSSR count). The Morgan fingerprint density at radius 1 is 1.43 bits per heavy atom. The van der Waals surface area contributed by atoms with Gasteiger partial charge < -0.3 is 16.0 Å². The van der Waals surface area contributed by atoms with Gasteiger partial charge in [0.15, 0.2) is 0 Å². The molecular formula is C15H24ClN5O2. The van der Waals surface area contributed by atoms with Crippen LogP contribution in [-0.4, -0.2) is 46.3 Å². The second-order valence-corrected chi connectivity index (χ2v) is 6.35. The molecule has 0 aliphatic carbocycles. The summed E-state index contributed by atoms with van der Waals surface area (Å²) in [6, 6.07) is -0.455. The van der Waals surface area contributed by atoms with Crippen LogP contribution in [0.25, 0.3) is 0 Å². The van der Waals surface area contributed by atoms with E-state index in [9.17, 15) is 9.59 Å². The first-order valence-electron chi connectivity index (χ1n) is 7.91. The second-order valence-electron chi connectivity index (χ2n) is 5.98. The van der Waals surface area contributed by atoms with Gasteiger partial charge in [0, 0.05) is 26.2 Å². The van der Waals surface area contributed by atoms with Crippen LogP contribution in [0.2, 0.25) is 5.02 Å². The first kappa shape index (κ1) is 17.6. The lowest BCUT2D eigenvalue weighted by molar-refractivity contribution is -0.126. The maximum atomic E-state index is 12.2. The van der Waals surface area contributed by atoms with Gasteiger partial charge in [0.05, 0.1) is 22.3 Å². The standard InChI is InChI=1S/C15H24ClN5O2/c1-10-13(16)11(2)21(19-10)8-4-6-18-14(22)12-5-3-7-20(9-12)15(17)23/h12H,3-9H2,1-2H3,(H2,17,23)(H,18,22)/t12-/m1/s1. The molecule has 0 spiro atoms. The molecule has 23 heavy (non-hydrogen) atoms. The first-order chi connectivity index (χ1) is 10.9. The summed E-state index contributed by atoms with van der Waals surface area (Å²) in [5, 5.41) is 7.99. The van der Waals surface area contributed by atoms with E-state index in [0.29, 0.717) is 31.2 Å². The number of nitrogens with zero attached hydrogens (tertiary/aromatic N) is 3. The highest BCUT2D eigenvalue weighted by Gasteiger charge is 2.27. The summed E-state index contributed by atoms with van der Waals surface area (Å²) in [5.41, 5.74) is 7.04. The number of halogens is 1. The summed E-state index contributed by atoms with van der Waals surface area (Å²) in [4.78, 5) is 24.9. The molecule has 1 saturated heterocycles. The summed E-state index contributed by atoms with van der Waals surface area (Å²) in [6.45, 7) is 6.13. The van der Waals surface area contributed by atoms with Crippen molar-refractivity contribution in [2.45, 2.75) is 39.7 Å². The number of nitrogens with two attached hydrogens (primary N) is 1. The van der Waals surface area contributed by atoms with Crippen LogP contribution in [0, 0.1) is 19.8 Å². The zero-order valence-electron chi connectivity index (χ0n) is 13.6. The monoisotopic (exact) mass is 341 g/mol. The van der Waals surface area contributed by atoms with Crippen LogP contribution in [0.4, 0.5) is 4.79 Å². The summed E-state index contributed by atoms with van der Waals surface area (Å²) in [5.74, 6) is -0.179. The Labute approximate surface area is 141 Å². The van der Waals surface area contributed by atoms with Crippen LogP contribution in [0.1, 0.15) is 30.7 Å². The van der Waals surface area contributed by atoms with Gasteiger partial charge >= 0.3 is 6.03 Å². The molecule has 1 aromatic heterocycles. The second kappa shape index (κ2) is 7.68. The maximum absolute atomic E-state index is 12.2. The molecule has 1 aliphatic rings. The maximum Gasteiger partial charge on any atom is 0.314 e. The zero-order valence-corrected chi connectivity index (χ0v) is 14.4. The number of piperidine rings is 1. The smallest absolute Gasteiger partial charge is 0.314 e. The predicted octanol–water partition coefficient (Wildman–Crippen LogP) is 1.45.